The van der Waals surface area contributed by atoms with Crippen LogP contribution in [0.25, 0.3) is 11.5 Å². The Labute approximate surface area is 146 Å². The van der Waals surface area contributed by atoms with Gasteiger partial charge in [-0.15, -0.1) is 0 Å². The second-order valence-corrected chi connectivity index (χ2v) is 6.52. The van der Waals surface area contributed by atoms with Crippen LogP contribution in [-0.4, -0.2) is 22.6 Å². The van der Waals surface area contributed by atoms with E-state index in [-0.39, 0.29) is 11.8 Å². The van der Waals surface area contributed by atoms with Crippen LogP contribution in [0.1, 0.15) is 29.3 Å². The number of nitrogens with zero attached hydrogens (tertiary/aromatic N) is 3. The molecule has 0 aliphatic carbocycles. The van der Waals surface area contributed by atoms with Crippen molar-refractivity contribution < 1.29 is 9.32 Å². The number of carbonyl (C=O) groups excluding carboxylic acids is 1. The molecular formula is C20H19N3O2. The van der Waals surface area contributed by atoms with E-state index in [0.29, 0.717) is 24.7 Å². The molecule has 2 heterocycles. The Kier molecular flexibility index (Phi) is 3.84. The molecule has 1 saturated heterocycles. The topological polar surface area (TPSA) is 59.2 Å². The van der Waals surface area contributed by atoms with Crippen molar-refractivity contribution in [1.82, 2.24) is 10.1 Å². The number of rotatable bonds is 3. The van der Waals surface area contributed by atoms with Crippen molar-refractivity contribution in [2.75, 3.05) is 11.4 Å². The molecule has 0 saturated carbocycles. The Morgan fingerprint density at radius 1 is 1.08 bits per heavy atom. The highest BCUT2D eigenvalue weighted by Crippen LogP contribution is 2.32. The number of benzene rings is 2. The van der Waals surface area contributed by atoms with Gasteiger partial charge in [-0.05, 0) is 37.6 Å². The summed E-state index contributed by atoms with van der Waals surface area (Å²) >= 11 is 0. The minimum absolute atomic E-state index is 0.0462. The first kappa shape index (κ1) is 15.6. The first-order valence-electron chi connectivity index (χ1n) is 8.38. The Hall–Kier alpha value is -2.95. The highest BCUT2D eigenvalue weighted by molar-refractivity contribution is 5.97. The van der Waals surface area contributed by atoms with E-state index in [0.717, 1.165) is 16.8 Å². The summed E-state index contributed by atoms with van der Waals surface area (Å²) in [4.78, 5) is 18.8. The number of para-hydroxylation sites is 1. The van der Waals surface area contributed by atoms with Gasteiger partial charge in [0.1, 0.15) is 0 Å². The number of aryl methyl sites for hydroxylation is 2. The lowest BCUT2D eigenvalue weighted by Crippen LogP contribution is -2.25. The highest BCUT2D eigenvalue weighted by atomic mass is 16.5. The van der Waals surface area contributed by atoms with Crippen molar-refractivity contribution >= 4 is 11.6 Å². The van der Waals surface area contributed by atoms with Crippen molar-refractivity contribution in [3.05, 3.63) is 65.5 Å². The largest absolute Gasteiger partial charge is 0.334 e. The molecule has 1 unspecified atom stereocenters. The van der Waals surface area contributed by atoms with Gasteiger partial charge in [0.2, 0.25) is 5.91 Å². The average Bonchev–Trinajstić information content (AvgIpc) is 3.23. The van der Waals surface area contributed by atoms with Crippen LogP contribution in [0.2, 0.25) is 0 Å². The maximum Gasteiger partial charge on any atom is 0.257 e. The number of anilines is 1. The van der Waals surface area contributed by atoms with E-state index < -0.39 is 0 Å². The van der Waals surface area contributed by atoms with E-state index in [1.165, 1.54) is 5.56 Å². The summed E-state index contributed by atoms with van der Waals surface area (Å²) in [6, 6.07) is 15.9. The van der Waals surface area contributed by atoms with Crippen molar-refractivity contribution in [2.45, 2.75) is 26.2 Å². The Balaban J connectivity index is 1.57. The molecule has 2 aromatic carbocycles. The molecule has 1 atom stereocenters. The van der Waals surface area contributed by atoms with Crippen molar-refractivity contribution in [2.24, 2.45) is 0 Å². The molecule has 4 rings (SSSR count). The summed E-state index contributed by atoms with van der Waals surface area (Å²) in [5.41, 5.74) is 4.12. The van der Waals surface area contributed by atoms with Crippen molar-refractivity contribution in [1.29, 1.82) is 0 Å². The Morgan fingerprint density at radius 2 is 1.84 bits per heavy atom. The van der Waals surface area contributed by atoms with Crippen LogP contribution >= 0.6 is 0 Å². The van der Waals surface area contributed by atoms with E-state index in [1.54, 1.807) is 0 Å². The molecule has 1 aliphatic rings. The van der Waals surface area contributed by atoms with Gasteiger partial charge >= 0.3 is 0 Å². The molecule has 126 valence electrons. The standard InChI is InChI=1S/C20H19N3O2/c1-13-7-9-15(10-8-13)20-21-19(22-25-20)16-11-18(24)23(12-16)17-6-4-3-5-14(17)2/h3-10,16H,11-12H2,1-2H3. The SMILES string of the molecule is Cc1ccc(-c2nc(C3CC(=O)N(c4ccccc4C)C3)no2)cc1. The number of hydrogen-bond acceptors (Lipinski definition) is 4. The van der Waals surface area contributed by atoms with Crippen LogP contribution in [0.4, 0.5) is 5.69 Å². The lowest BCUT2D eigenvalue weighted by molar-refractivity contribution is -0.117. The molecule has 5 heteroatoms. The van der Waals surface area contributed by atoms with Crippen LogP contribution in [0, 0.1) is 13.8 Å². The first-order chi connectivity index (χ1) is 12.1. The molecule has 5 nitrogen and oxygen atoms in total. The van der Waals surface area contributed by atoms with Gasteiger partial charge in [0.15, 0.2) is 5.82 Å². The minimum atomic E-state index is -0.0462. The van der Waals surface area contributed by atoms with E-state index in [2.05, 4.69) is 10.1 Å². The fraction of sp³-hybridized carbons (Fsp3) is 0.250. The smallest absolute Gasteiger partial charge is 0.257 e. The quantitative estimate of drug-likeness (QED) is 0.730. The van der Waals surface area contributed by atoms with Gasteiger partial charge < -0.3 is 9.42 Å². The average molecular weight is 333 g/mol. The summed E-state index contributed by atoms with van der Waals surface area (Å²) in [6.07, 6.45) is 0.404. The van der Waals surface area contributed by atoms with Gasteiger partial charge in [-0.25, -0.2) is 0 Å². The first-order valence-corrected chi connectivity index (χ1v) is 8.38. The lowest BCUT2D eigenvalue weighted by Gasteiger charge is -2.18. The third-order valence-electron chi connectivity index (χ3n) is 4.64. The van der Waals surface area contributed by atoms with E-state index in [1.807, 2.05) is 67.3 Å². The van der Waals surface area contributed by atoms with Gasteiger partial charge in [0.25, 0.3) is 5.89 Å². The molecule has 0 bridgehead atoms. The third kappa shape index (κ3) is 2.93. The molecule has 25 heavy (non-hydrogen) atoms. The minimum Gasteiger partial charge on any atom is -0.334 e. The summed E-state index contributed by atoms with van der Waals surface area (Å²) in [7, 11) is 0. The van der Waals surface area contributed by atoms with E-state index in [4.69, 9.17) is 4.52 Å². The molecule has 0 radical (unpaired) electrons. The van der Waals surface area contributed by atoms with Gasteiger partial charge in [-0.3, -0.25) is 4.79 Å². The van der Waals surface area contributed by atoms with Gasteiger partial charge in [-0.2, -0.15) is 4.98 Å². The molecule has 1 aromatic heterocycles. The van der Waals surface area contributed by atoms with E-state index >= 15 is 0 Å². The van der Waals surface area contributed by atoms with Crippen LogP contribution in [0.15, 0.2) is 53.1 Å². The van der Waals surface area contributed by atoms with Crippen LogP contribution in [-0.2, 0) is 4.79 Å². The highest BCUT2D eigenvalue weighted by Gasteiger charge is 2.35. The molecule has 1 fully saturated rings. The zero-order valence-corrected chi connectivity index (χ0v) is 14.3. The second kappa shape index (κ2) is 6.16. The maximum atomic E-state index is 12.5. The predicted molar refractivity (Wildman–Crippen MR) is 95.4 cm³/mol. The maximum absolute atomic E-state index is 12.5. The number of amides is 1. The molecule has 1 amide bonds. The monoisotopic (exact) mass is 333 g/mol. The predicted octanol–water partition coefficient (Wildman–Crippen LogP) is 3.87. The normalized spacial score (nSPS) is 17.3. The Bertz CT molecular complexity index is 915. The molecular weight excluding hydrogens is 314 g/mol. The molecule has 0 spiro atoms. The Morgan fingerprint density at radius 3 is 2.60 bits per heavy atom. The van der Waals surface area contributed by atoms with Gasteiger partial charge in [0.05, 0.1) is 0 Å². The van der Waals surface area contributed by atoms with Crippen molar-refractivity contribution in [3.63, 3.8) is 0 Å². The lowest BCUT2D eigenvalue weighted by atomic mass is 10.1. The summed E-state index contributed by atoms with van der Waals surface area (Å²) in [5, 5.41) is 4.12. The van der Waals surface area contributed by atoms with Crippen LogP contribution in [0.5, 0.6) is 0 Å². The molecule has 1 aliphatic heterocycles. The molecule has 0 N–H and O–H groups in total. The van der Waals surface area contributed by atoms with Gasteiger partial charge in [-0.1, -0.05) is 41.1 Å². The zero-order valence-electron chi connectivity index (χ0n) is 14.3. The van der Waals surface area contributed by atoms with Crippen molar-refractivity contribution in [3.8, 4) is 11.5 Å². The third-order valence-corrected chi connectivity index (χ3v) is 4.64. The van der Waals surface area contributed by atoms with Crippen LogP contribution in [0.3, 0.4) is 0 Å². The zero-order chi connectivity index (χ0) is 17.4. The molecule has 3 aromatic rings. The summed E-state index contributed by atoms with van der Waals surface area (Å²) in [5.74, 6) is 1.15. The summed E-state index contributed by atoms with van der Waals surface area (Å²) in [6.45, 7) is 4.63. The fourth-order valence-corrected chi connectivity index (χ4v) is 3.19. The van der Waals surface area contributed by atoms with Gasteiger partial charge in [0, 0.05) is 30.1 Å². The number of aromatic nitrogens is 2. The van der Waals surface area contributed by atoms with E-state index in [9.17, 15) is 4.79 Å². The second-order valence-electron chi connectivity index (χ2n) is 6.52. The number of hydrogen-bond donors (Lipinski definition) is 0. The van der Waals surface area contributed by atoms with Crippen LogP contribution < -0.4 is 4.90 Å². The fourth-order valence-electron chi connectivity index (χ4n) is 3.19. The number of carbonyl (C=O) groups is 1. The summed E-state index contributed by atoms with van der Waals surface area (Å²) < 4.78 is 5.41.